The zero-order valence-corrected chi connectivity index (χ0v) is 40.0. The summed E-state index contributed by atoms with van der Waals surface area (Å²) in [6, 6.07) is 28.1. The highest BCUT2D eigenvalue weighted by Gasteiger charge is 2.51. The molecular formula is C56H62N8O5. The van der Waals surface area contributed by atoms with E-state index in [1.807, 2.05) is 31.7 Å². The predicted octanol–water partition coefficient (Wildman–Crippen LogP) is 10.8. The number of carbonyl (C=O) groups excluding carboxylic acids is 4. The van der Waals surface area contributed by atoms with Gasteiger partial charge in [0.05, 0.1) is 41.3 Å². The van der Waals surface area contributed by atoms with Crippen molar-refractivity contribution in [2.75, 3.05) is 13.7 Å². The van der Waals surface area contributed by atoms with Gasteiger partial charge in [0, 0.05) is 29.8 Å². The number of benzene rings is 5. The largest absolute Gasteiger partial charge is 0.453 e. The van der Waals surface area contributed by atoms with E-state index in [0.717, 1.165) is 117 Å². The number of fused-ring (bicyclic) bond motifs is 8. The summed E-state index contributed by atoms with van der Waals surface area (Å²) in [7, 11) is 1.30. The zero-order chi connectivity index (χ0) is 47.5. The minimum Gasteiger partial charge on any atom is -0.453 e. The second-order valence-corrected chi connectivity index (χ2v) is 20.4. The fourth-order valence-electron chi connectivity index (χ4n) is 12.3. The quantitative estimate of drug-likeness (QED) is 0.100. The number of alkyl carbamates (subject to hydrolysis) is 1. The number of rotatable bonds is 11. The number of nitrogens with zero attached hydrogens (tertiary/aromatic N) is 4. The van der Waals surface area contributed by atoms with Crippen LogP contribution in [0.25, 0.3) is 54.7 Å². The number of aromatic nitrogens is 4. The van der Waals surface area contributed by atoms with Gasteiger partial charge >= 0.3 is 6.09 Å². The predicted molar refractivity (Wildman–Crippen MR) is 268 cm³/mol. The smallest absolute Gasteiger partial charge is 0.407 e. The molecular weight excluding hydrogens is 865 g/mol. The molecule has 11 rings (SSSR count). The number of hydrogen-bond acceptors (Lipinski definition) is 7. The number of nitrogens with one attached hydrogen (secondary N) is 4. The molecule has 13 nitrogen and oxygen atoms in total. The van der Waals surface area contributed by atoms with Crippen molar-refractivity contribution in [3.05, 3.63) is 108 Å². The first-order chi connectivity index (χ1) is 33.6. The van der Waals surface area contributed by atoms with Gasteiger partial charge in [0.2, 0.25) is 11.8 Å². The third-order valence-corrected chi connectivity index (χ3v) is 15.9. The second kappa shape index (κ2) is 18.3. The number of piperidine rings is 1. The molecule has 4 N–H and O–H groups in total. The lowest BCUT2D eigenvalue weighted by Gasteiger charge is -2.37. The molecule has 7 aromatic rings. The van der Waals surface area contributed by atoms with Crippen molar-refractivity contribution in [2.45, 2.75) is 128 Å². The van der Waals surface area contributed by atoms with E-state index >= 15 is 4.79 Å². The number of imidazole rings is 2. The van der Waals surface area contributed by atoms with Gasteiger partial charge in [-0.25, -0.2) is 14.8 Å². The van der Waals surface area contributed by atoms with Crippen LogP contribution in [0.3, 0.4) is 0 Å². The molecule has 4 aliphatic rings. The van der Waals surface area contributed by atoms with E-state index in [9.17, 15) is 14.4 Å². The molecule has 6 atom stereocenters. The Morgan fingerprint density at radius 3 is 2.09 bits per heavy atom. The fraction of sp³-hybridized carbons (Fsp3) is 0.429. The Balaban J connectivity index is 0.863. The molecule has 356 valence electrons. The van der Waals surface area contributed by atoms with Gasteiger partial charge in [-0.3, -0.25) is 14.4 Å². The van der Waals surface area contributed by atoms with Gasteiger partial charge in [0.15, 0.2) is 0 Å². The van der Waals surface area contributed by atoms with Crippen molar-refractivity contribution in [3.8, 4) is 11.1 Å². The molecule has 0 unspecified atom stereocenters. The van der Waals surface area contributed by atoms with E-state index in [2.05, 4.69) is 104 Å². The molecule has 0 spiro atoms. The number of aromatic amines is 2. The fourth-order valence-corrected chi connectivity index (χ4v) is 12.3. The average Bonchev–Trinajstić information content (AvgIpc) is 4.25. The summed E-state index contributed by atoms with van der Waals surface area (Å²) >= 11 is 0. The first kappa shape index (κ1) is 44.7. The Morgan fingerprint density at radius 1 is 0.739 bits per heavy atom. The SMILES string of the molecule is CCC(=O)N[C@@H](C(=O)N1[C@@H]2CC[C@@H](C2)[C@H]1c1nc2c(ccc3cc(-c4ccc5c(ccc6[nH]c([C@@H]7CCCN7C(=O)[C@@H](NC(=O)OC)C(C)C)nc65)c4)ccc32)[nH]1)c1cccc(C2CCCCC2)c1. The average molecular weight is 927 g/mol. The van der Waals surface area contributed by atoms with E-state index in [1.165, 1.54) is 31.9 Å². The summed E-state index contributed by atoms with van der Waals surface area (Å²) in [5.74, 6) is 1.91. The van der Waals surface area contributed by atoms with Gasteiger partial charge < -0.3 is 35.1 Å². The van der Waals surface area contributed by atoms with Gasteiger partial charge in [-0.1, -0.05) is 101 Å². The van der Waals surface area contributed by atoms with Crippen LogP contribution in [0, 0.1) is 11.8 Å². The van der Waals surface area contributed by atoms with Crippen molar-refractivity contribution in [1.29, 1.82) is 0 Å². The minimum absolute atomic E-state index is 0.0489. The van der Waals surface area contributed by atoms with Crippen LogP contribution in [0.5, 0.6) is 0 Å². The summed E-state index contributed by atoms with van der Waals surface area (Å²) < 4.78 is 4.82. The van der Waals surface area contributed by atoms with E-state index < -0.39 is 18.2 Å². The monoisotopic (exact) mass is 926 g/mol. The number of amides is 4. The summed E-state index contributed by atoms with van der Waals surface area (Å²) in [6.45, 7) is 6.26. The van der Waals surface area contributed by atoms with Crippen LogP contribution in [0.15, 0.2) is 84.9 Å². The number of H-pyrrole nitrogens is 2. The number of likely N-dealkylation sites (tertiary alicyclic amines) is 2. The Morgan fingerprint density at radius 2 is 1.42 bits per heavy atom. The zero-order valence-electron chi connectivity index (χ0n) is 40.0. The van der Waals surface area contributed by atoms with E-state index in [4.69, 9.17) is 14.7 Å². The molecule has 2 aliphatic heterocycles. The van der Waals surface area contributed by atoms with Crippen LogP contribution in [0.2, 0.25) is 0 Å². The maximum atomic E-state index is 15.0. The Labute approximate surface area is 402 Å². The van der Waals surface area contributed by atoms with Crippen molar-refractivity contribution in [2.24, 2.45) is 11.8 Å². The topological polar surface area (TPSA) is 165 Å². The third kappa shape index (κ3) is 8.16. The standard InChI is InChI=1S/C56H62N8O5/c1-5-46(65)59-48(38-14-9-13-33(29-38)32-11-7-6-8-12-32)55(67)64-40-21-16-39(30-40)51(64)53-58-44-25-20-37-28-35(18-23-42(37)50(44)61-53)34-17-22-41-36(27-34)19-24-43-49(41)60-52(57-43)45-15-10-26-63(45)54(66)47(31(2)3)62-56(68)69-4/h9,13-14,17-20,22-25,27-29,31-32,39-40,45,47-48,51H,5-8,10-12,15-16,21,26,30H2,1-4H3,(H,57,60)(H,58,61)(H,59,65)(H,62,68)/t39-,40+,45-,47-,48+,51-/m0/s1. The molecule has 2 bridgehead atoms. The van der Waals surface area contributed by atoms with E-state index in [-0.39, 0.29) is 47.7 Å². The molecule has 2 saturated carbocycles. The number of methoxy groups -OCH3 is 1. The number of hydrogen-bond donors (Lipinski definition) is 4. The van der Waals surface area contributed by atoms with Crippen LogP contribution < -0.4 is 10.6 Å². The molecule has 4 fully saturated rings. The van der Waals surface area contributed by atoms with Crippen LogP contribution in [-0.4, -0.2) is 79.3 Å². The highest BCUT2D eigenvalue weighted by atomic mass is 16.5. The van der Waals surface area contributed by atoms with E-state index in [0.29, 0.717) is 18.9 Å². The summed E-state index contributed by atoms with van der Waals surface area (Å²) in [4.78, 5) is 75.5. The maximum Gasteiger partial charge on any atom is 0.407 e. The Bertz CT molecular complexity index is 3130. The van der Waals surface area contributed by atoms with Gasteiger partial charge in [-0.05, 0) is 120 Å². The van der Waals surface area contributed by atoms with Gasteiger partial charge in [0.1, 0.15) is 23.7 Å². The van der Waals surface area contributed by atoms with Crippen molar-refractivity contribution in [1.82, 2.24) is 40.4 Å². The summed E-state index contributed by atoms with van der Waals surface area (Å²) in [6.07, 6.45) is 10.3. The first-order valence-electron chi connectivity index (χ1n) is 25.3. The number of ether oxygens (including phenoxy) is 1. The molecule has 5 aromatic carbocycles. The molecule has 2 saturated heterocycles. The van der Waals surface area contributed by atoms with E-state index in [1.54, 1.807) is 0 Å². The molecule has 4 heterocycles. The van der Waals surface area contributed by atoms with Gasteiger partial charge in [0.25, 0.3) is 5.91 Å². The maximum absolute atomic E-state index is 15.0. The molecule has 2 aromatic heterocycles. The molecule has 69 heavy (non-hydrogen) atoms. The lowest BCUT2D eigenvalue weighted by Crippen LogP contribution is -2.51. The molecule has 4 amide bonds. The van der Waals surface area contributed by atoms with Crippen LogP contribution in [0.1, 0.15) is 138 Å². The summed E-state index contributed by atoms with van der Waals surface area (Å²) in [5.41, 5.74) is 7.89. The molecule has 0 radical (unpaired) electrons. The van der Waals surface area contributed by atoms with Crippen LogP contribution in [0.4, 0.5) is 4.79 Å². The van der Waals surface area contributed by atoms with Crippen LogP contribution >= 0.6 is 0 Å². The second-order valence-electron chi connectivity index (χ2n) is 20.4. The van der Waals surface area contributed by atoms with Gasteiger partial charge in [-0.15, -0.1) is 0 Å². The highest BCUT2D eigenvalue weighted by molar-refractivity contribution is 6.07. The molecule has 13 heteroatoms. The van der Waals surface area contributed by atoms with Crippen molar-refractivity contribution >= 4 is 67.4 Å². The Hall–Kier alpha value is -6.76. The third-order valence-electron chi connectivity index (χ3n) is 15.9. The molecule has 2 aliphatic carbocycles. The van der Waals surface area contributed by atoms with Crippen molar-refractivity contribution < 1.29 is 23.9 Å². The number of carbonyl (C=O) groups is 4. The lowest BCUT2D eigenvalue weighted by atomic mass is 9.83. The lowest BCUT2D eigenvalue weighted by molar-refractivity contribution is -0.140. The normalized spacial score (nSPS) is 21.5. The van der Waals surface area contributed by atoms with Gasteiger partial charge in [-0.2, -0.15) is 0 Å². The summed E-state index contributed by atoms with van der Waals surface area (Å²) in [5, 5.41) is 10.1. The highest BCUT2D eigenvalue weighted by Crippen LogP contribution is 2.51. The van der Waals surface area contributed by atoms with Crippen LogP contribution in [-0.2, 0) is 19.1 Å². The Kier molecular flexibility index (Phi) is 11.9. The van der Waals surface area contributed by atoms with Crippen molar-refractivity contribution in [3.63, 3.8) is 0 Å². The minimum atomic E-state index is -0.758. The first-order valence-corrected chi connectivity index (χ1v) is 25.3.